The van der Waals surface area contributed by atoms with Crippen LogP contribution in [0.25, 0.3) is 0 Å². The first kappa shape index (κ1) is 36.9. The number of rotatable bonds is 27. The minimum absolute atomic E-state index is 0.00699. The van der Waals surface area contributed by atoms with Crippen molar-refractivity contribution in [2.24, 2.45) is 23.7 Å². The monoisotopic (exact) mass is 538 g/mol. The largest absolute Gasteiger partial charge is 0.466 e. The lowest BCUT2D eigenvalue weighted by Crippen LogP contribution is -2.22. The van der Waals surface area contributed by atoms with E-state index in [0.717, 1.165) is 56.8 Å². The number of ether oxygens (including phenoxy) is 2. The van der Waals surface area contributed by atoms with Gasteiger partial charge in [0, 0.05) is 6.42 Å². The average Bonchev–Trinajstić information content (AvgIpc) is 2.87. The molecule has 2 unspecified atom stereocenters. The Morgan fingerprint density at radius 3 is 1.34 bits per heavy atom. The average molecular weight is 539 g/mol. The molecule has 2 atom stereocenters. The highest BCUT2D eigenvalue weighted by Crippen LogP contribution is 2.21. The summed E-state index contributed by atoms with van der Waals surface area (Å²) in [5.41, 5.74) is 0. The van der Waals surface area contributed by atoms with Crippen molar-refractivity contribution in [3.8, 4) is 0 Å². The number of carbonyl (C=O) groups excluding carboxylic acids is 2. The molecule has 0 aromatic heterocycles. The van der Waals surface area contributed by atoms with Crippen LogP contribution in [0.2, 0.25) is 0 Å². The maximum atomic E-state index is 12.3. The maximum Gasteiger partial charge on any atom is 0.308 e. The molecule has 0 amide bonds. The molecule has 0 aromatic rings. The molecular weight excluding hydrogens is 472 g/mol. The second-order valence-corrected chi connectivity index (χ2v) is 12.7. The molecule has 0 aliphatic rings. The fourth-order valence-corrected chi connectivity index (χ4v) is 4.86. The van der Waals surface area contributed by atoms with Crippen molar-refractivity contribution in [2.45, 2.75) is 170 Å². The molecular formula is C34H66O4. The first-order chi connectivity index (χ1) is 18.2. The molecule has 226 valence electrons. The smallest absolute Gasteiger partial charge is 0.308 e. The van der Waals surface area contributed by atoms with Crippen LogP contribution < -0.4 is 0 Å². The first-order valence-corrected chi connectivity index (χ1v) is 16.6. The van der Waals surface area contributed by atoms with Crippen molar-refractivity contribution in [3.63, 3.8) is 0 Å². The SMILES string of the molecule is CC(C)CCCCOC(=O)CCCCCCCCCCCCCCC(C)C(C)C(=O)OCCCCC(C)C. The van der Waals surface area contributed by atoms with Gasteiger partial charge in [0.1, 0.15) is 0 Å². The van der Waals surface area contributed by atoms with E-state index in [1.807, 2.05) is 6.92 Å². The highest BCUT2D eigenvalue weighted by Gasteiger charge is 2.21. The fraction of sp³-hybridized carbons (Fsp3) is 0.941. The second-order valence-electron chi connectivity index (χ2n) is 12.7. The summed E-state index contributed by atoms with van der Waals surface area (Å²) >= 11 is 0. The van der Waals surface area contributed by atoms with E-state index in [9.17, 15) is 9.59 Å². The fourth-order valence-electron chi connectivity index (χ4n) is 4.86. The van der Waals surface area contributed by atoms with Crippen LogP contribution in [0.3, 0.4) is 0 Å². The standard InChI is InChI=1S/C34H66O4/c1-29(2)23-19-21-27-37-33(35)26-18-16-14-12-10-8-7-9-11-13-15-17-25-31(5)32(6)34(36)38-28-22-20-24-30(3)4/h29-32H,7-28H2,1-6H3. The third-order valence-electron chi connectivity index (χ3n) is 7.87. The summed E-state index contributed by atoms with van der Waals surface area (Å²) in [6.07, 6.45) is 23.6. The lowest BCUT2D eigenvalue weighted by Gasteiger charge is -2.18. The Kier molecular flexibility index (Phi) is 25.4. The van der Waals surface area contributed by atoms with Crippen LogP contribution in [0, 0.1) is 23.7 Å². The van der Waals surface area contributed by atoms with Crippen LogP contribution in [-0.4, -0.2) is 25.2 Å². The predicted molar refractivity (Wildman–Crippen MR) is 162 cm³/mol. The highest BCUT2D eigenvalue weighted by molar-refractivity contribution is 5.72. The van der Waals surface area contributed by atoms with Gasteiger partial charge in [0.25, 0.3) is 0 Å². The zero-order chi connectivity index (χ0) is 28.4. The van der Waals surface area contributed by atoms with Crippen molar-refractivity contribution in [1.82, 2.24) is 0 Å². The van der Waals surface area contributed by atoms with E-state index in [1.54, 1.807) is 0 Å². The molecule has 0 saturated heterocycles. The Morgan fingerprint density at radius 1 is 0.474 bits per heavy atom. The number of esters is 2. The molecule has 0 heterocycles. The summed E-state index contributed by atoms with van der Waals surface area (Å²) in [5.74, 6) is 1.86. The Bertz CT molecular complexity index is 543. The van der Waals surface area contributed by atoms with Gasteiger partial charge in [-0.2, -0.15) is 0 Å². The van der Waals surface area contributed by atoms with Crippen LogP contribution in [0.5, 0.6) is 0 Å². The summed E-state index contributed by atoms with van der Waals surface area (Å²) in [6.45, 7) is 14.4. The van der Waals surface area contributed by atoms with Crippen molar-refractivity contribution in [1.29, 1.82) is 0 Å². The molecule has 0 fully saturated rings. The van der Waals surface area contributed by atoms with Crippen molar-refractivity contribution in [2.75, 3.05) is 13.2 Å². The van der Waals surface area contributed by atoms with Gasteiger partial charge in [-0.05, 0) is 56.3 Å². The minimum Gasteiger partial charge on any atom is -0.466 e. The van der Waals surface area contributed by atoms with Gasteiger partial charge in [0.15, 0.2) is 0 Å². The summed E-state index contributed by atoms with van der Waals surface area (Å²) < 4.78 is 10.8. The first-order valence-electron chi connectivity index (χ1n) is 16.6. The highest BCUT2D eigenvalue weighted by atomic mass is 16.5. The minimum atomic E-state index is -0.0103. The summed E-state index contributed by atoms with van der Waals surface area (Å²) in [5, 5.41) is 0. The number of unbranched alkanes of at least 4 members (excludes halogenated alkanes) is 13. The number of hydrogen-bond donors (Lipinski definition) is 0. The summed E-state index contributed by atoms with van der Waals surface area (Å²) in [4.78, 5) is 24.0. The molecule has 38 heavy (non-hydrogen) atoms. The lowest BCUT2D eigenvalue weighted by atomic mass is 9.90. The molecule has 0 N–H and O–H groups in total. The van der Waals surface area contributed by atoms with E-state index in [0.29, 0.717) is 25.6 Å². The van der Waals surface area contributed by atoms with Crippen LogP contribution in [0.4, 0.5) is 0 Å². The lowest BCUT2D eigenvalue weighted by molar-refractivity contribution is -0.150. The second kappa shape index (κ2) is 26.2. The van der Waals surface area contributed by atoms with Crippen molar-refractivity contribution in [3.05, 3.63) is 0 Å². The van der Waals surface area contributed by atoms with E-state index in [-0.39, 0.29) is 17.9 Å². The zero-order valence-electron chi connectivity index (χ0n) is 26.5. The molecule has 0 aliphatic carbocycles. The van der Waals surface area contributed by atoms with Gasteiger partial charge < -0.3 is 9.47 Å². The van der Waals surface area contributed by atoms with Crippen LogP contribution in [-0.2, 0) is 19.1 Å². The van der Waals surface area contributed by atoms with Crippen LogP contribution in [0.15, 0.2) is 0 Å². The molecule has 0 spiro atoms. The molecule has 0 aromatic carbocycles. The van der Waals surface area contributed by atoms with Crippen molar-refractivity contribution < 1.29 is 19.1 Å². The molecule has 0 bridgehead atoms. The number of carbonyl (C=O) groups is 2. The quantitative estimate of drug-likeness (QED) is 0.0771. The Labute approximate surface area is 237 Å². The Morgan fingerprint density at radius 2 is 0.868 bits per heavy atom. The third-order valence-corrected chi connectivity index (χ3v) is 7.87. The molecule has 0 rings (SSSR count). The maximum absolute atomic E-state index is 12.3. The number of hydrogen-bond acceptors (Lipinski definition) is 4. The predicted octanol–water partition coefficient (Wildman–Crippen LogP) is 10.5. The molecule has 0 saturated carbocycles. The normalized spacial score (nSPS) is 13.2. The molecule has 0 radical (unpaired) electrons. The van der Waals surface area contributed by atoms with Crippen LogP contribution >= 0.6 is 0 Å². The third kappa shape index (κ3) is 25.2. The van der Waals surface area contributed by atoms with E-state index in [1.165, 1.54) is 77.0 Å². The van der Waals surface area contributed by atoms with E-state index in [2.05, 4.69) is 34.6 Å². The molecule has 4 heteroatoms. The van der Waals surface area contributed by atoms with Gasteiger partial charge in [-0.25, -0.2) is 0 Å². The molecule has 4 nitrogen and oxygen atoms in total. The van der Waals surface area contributed by atoms with Gasteiger partial charge in [-0.15, -0.1) is 0 Å². The van der Waals surface area contributed by atoms with E-state index in [4.69, 9.17) is 9.47 Å². The summed E-state index contributed by atoms with van der Waals surface area (Å²) in [7, 11) is 0. The zero-order valence-corrected chi connectivity index (χ0v) is 26.5. The molecule has 0 aliphatic heterocycles. The topological polar surface area (TPSA) is 52.6 Å². The van der Waals surface area contributed by atoms with Gasteiger partial charge >= 0.3 is 11.9 Å². The van der Waals surface area contributed by atoms with Crippen LogP contribution in [0.1, 0.15) is 170 Å². The van der Waals surface area contributed by atoms with Gasteiger partial charge in [0.05, 0.1) is 19.1 Å². The Balaban J connectivity index is 3.42. The summed E-state index contributed by atoms with van der Waals surface area (Å²) in [6, 6.07) is 0. The van der Waals surface area contributed by atoms with E-state index < -0.39 is 0 Å². The van der Waals surface area contributed by atoms with E-state index >= 15 is 0 Å². The van der Waals surface area contributed by atoms with Gasteiger partial charge in [0.2, 0.25) is 0 Å². The van der Waals surface area contributed by atoms with Crippen molar-refractivity contribution >= 4 is 11.9 Å². The Hall–Kier alpha value is -1.06. The van der Waals surface area contributed by atoms with Gasteiger partial charge in [-0.3, -0.25) is 9.59 Å². The van der Waals surface area contributed by atoms with Gasteiger partial charge in [-0.1, -0.05) is 125 Å².